The van der Waals surface area contributed by atoms with Gasteiger partial charge < -0.3 is 4.42 Å². The molecule has 33 heavy (non-hydrogen) atoms. The predicted octanol–water partition coefficient (Wildman–Crippen LogP) is 5.85. The fourth-order valence-electron chi connectivity index (χ4n) is 3.75. The Kier molecular flexibility index (Phi) is 6.07. The Morgan fingerprint density at radius 3 is 2.82 bits per heavy atom. The molecule has 0 spiro atoms. The van der Waals surface area contributed by atoms with Gasteiger partial charge in [0, 0.05) is 24.0 Å². The standard InChI is InChI=1S/C24H25N5O2S2/c1-15-6-4-8-21(16(15)2)29(17(3)30)23-25-19(13-32-23)14-33-24-27-26-22(18-9-10-18)28(24)12-20-7-5-11-31-20/h4-8,11,13,18H,9-10,12,14H2,1-3H3. The first-order valence-corrected chi connectivity index (χ1v) is 12.8. The summed E-state index contributed by atoms with van der Waals surface area (Å²) in [6.07, 6.45) is 4.02. The van der Waals surface area contributed by atoms with Gasteiger partial charge in [-0.1, -0.05) is 23.9 Å². The fraction of sp³-hybridized carbons (Fsp3) is 0.333. The van der Waals surface area contributed by atoms with Crippen LogP contribution in [-0.4, -0.2) is 25.7 Å². The van der Waals surface area contributed by atoms with E-state index in [2.05, 4.69) is 27.8 Å². The number of furan rings is 1. The molecule has 7 nitrogen and oxygen atoms in total. The van der Waals surface area contributed by atoms with E-state index in [0.717, 1.165) is 52.1 Å². The van der Waals surface area contributed by atoms with Gasteiger partial charge >= 0.3 is 0 Å². The van der Waals surface area contributed by atoms with Gasteiger partial charge in [-0.3, -0.25) is 14.3 Å². The molecule has 0 aliphatic heterocycles. The molecule has 4 aromatic rings. The lowest BCUT2D eigenvalue weighted by molar-refractivity contribution is -0.115. The van der Waals surface area contributed by atoms with E-state index < -0.39 is 0 Å². The second kappa shape index (κ2) is 9.15. The van der Waals surface area contributed by atoms with Gasteiger partial charge in [-0.05, 0) is 56.0 Å². The first-order chi connectivity index (χ1) is 16.0. The van der Waals surface area contributed by atoms with Crippen LogP contribution in [0.4, 0.5) is 10.8 Å². The molecule has 0 N–H and O–H groups in total. The monoisotopic (exact) mass is 479 g/mol. The number of hydrogen-bond acceptors (Lipinski definition) is 7. The van der Waals surface area contributed by atoms with Crippen LogP contribution in [0.25, 0.3) is 0 Å². The first kappa shape index (κ1) is 21.9. The Morgan fingerprint density at radius 1 is 1.24 bits per heavy atom. The largest absolute Gasteiger partial charge is 0.467 e. The average molecular weight is 480 g/mol. The van der Waals surface area contributed by atoms with Crippen molar-refractivity contribution in [1.82, 2.24) is 19.7 Å². The highest BCUT2D eigenvalue weighted by molar-refractivity contribution is 7.98. The van der Waals surface area contributed by atoms with Gasteiger partial charge in [0.2, 0.25) is 5.91 Å². The smallest absolute Gasteiger partial charge is 0.230 e. The van der Waals surface area contributed by atoms with Crippen molar-refractivity contribution in [3.63, 3.8) is 0 Å². The van der Waals surface area contributed by atoms with E-state index in [9.17, 15) is 4.79 Å². The summed E-state index contributed by atoms with van der Waals surface area (Å²) in [6.45, 7) is 6.29. The van der Waals surface area contributed by atoms with E-state index >= 15 is 0 Å². The Balaban J connectivity index is 1.35. The Bertz CT molecular complexity index is 1270. The van der Waals surface area contributed by atoms with E-state index in [0.29, 0.717) is 23.3 Å². The molecule has 1 saturated carbocycles. The van der Waals surface area contributed by atoms with Gasteiger partial charge in [-0.25, -0.2) is 4.98 Å². The third-order valence-electron chi connectivity index (χ3n) is 5.79. The fourth-order valence-corrected chi connectivity index (χ4v) is 5.57. The van der Waals surface area contributed by atoms with Crippen molar-refractivity contribution in [1.29, 1.82) is 0 Å². The highest BCUT2D eigenvalue weighted by Gasteiger charge is 2.31. The molecular weight excluding hydrogens is 454 g/mol. The second-order valence-corrected chi connectivity index (χ2v) is 10.0. The number of aromatic nitrogens is 4. The van der Waals surface area contributed by atoms with Gasteiger partial charge in [0.25, 0.3) is 0 Å². The summed E-state index contributed by atoms with van der Waals surface area (Å²) in [5, 5.41) is 12.5. The lowest BCUT2D eigenvalue weighted by atomic mass is 10.1. The van der Waals surface area contributed by atoms with Crippen molar-refractivity contribution in [3.8, 4) is 0 Å². The van der Waals surface area contributed by atoms with Crippen LogP contribution in [0.3, 0.4) is 0 Å². The van der Waals surface area contributed by atoms with Crippen molar-refractivity contribution in [2.45, 2.75) is 57.0 Å². The van der Waals surface area contributed by atoms with E-state index in [1.807, 2.05) is 36.6 Å². The van der Waals surface area contributed by atoms with Crippen LogP contribution in [0, 0.1) is 13.8 Å². The molecule has 1 amide bonds. The first-order valence-electron chi connectivity index (χ1n) is 10.9. The molecule has 1 aromatic carbocycles. The number of carbonyl (C=O) groups is 1. The number of carbonyl (C=O) groups excluding carboxylic acids is 1. The number of anilines is 2. The molecule has 1 fully saturated rings. The van der Waals surface area contributed by atoms with Crippen LogP contribution in [0.1, 0.15) is 54.1 Å². The van der Waals surface area contributed by atoms with Gasteiger partial charge in [0.15, 0.2) is 10.3 Å². The summed E-state index contributed by atoms with van der Waals surface area (Å²) in [7, 11) is 0. The lowest BCUT2D eigenvalue weighted by Gasteiger charge is -2.21. The highest BCUT2D eigenvalue weighted by atomic mass is 32.2. The van der Waals surface area contributed by atoms with Crippen molar-refractivity contribution in [2.75, 3.05) is 4.90 Å². The zero-order chi connectivity index (χ0) is 22.9. The number of nitrogens with zero attached hydrogens (tertiary/aromatic N) is 5. The van der Waals surface area contributed by atoms with Gasteiger partial charge in [-0.15, -0.1) is 21.5 Å². The van der Waals surface area contributed by atoms with E-state index in [1.165, 1.54) is 11.3 Å². The number of aryl methyl sites for hydroxylation is 1. The molecule has 0 atom stereocenters. The number of thioether (sulfide) groups is 1. The quantitative estimate of drug-likeness (QED) is 0.295. The van der Waals surface area contributed by atoms with Crippen LogP contribution in [0.5, 0.6) is 0 Å². The zero-order valence-electron chi connectivity index (χ0n) is 18.8. The maximum atomic E-state index is 12.5. The Hall–Kier alpha value is -2.91. The molecule has 1 aliphatic carbocycles. The molecule has 9 heteroatoms. The van der Waals surface area contributed by atoms with E-state index in [1.54, 1.807) is 29.8 Å². The van der Waals surface area contributed by atoms with Crippen LogP contribution in [0.15, 0.2) is 51.5 Å². The van der Waals surface area contributed by atoms with Gasteiger partial charge in [0.05, 0.1) is 24.2 Å². The van der Waals surface area contributed by atoms with Crippen molar-refractivity contribution < 1.29 is 9.21 Å². The molecule has 5 rings (SSSR count). The van der Waals surface area contributed by atoms with Crippen molar-refractivity contribution in [3.05, 3.63) is 70.4 Å². The van der Waals surface area contributed by atoms with Gasteiger partial charge in [-0.2, -0.15) is 0 Å². The second-order valence-electron chi connectivity index (χ2n) is 8.26. The number of thiazole rings is 1. The molecule has 0 unspecified atom stereocenters. The summed E-state index contributed by atoms with van der Waals surface area (Å²) in [5.74, 6) is 3.01. The minimum atomic E-state index is -0.0514. The zero-order valence-corrected chi connectivity index (χ0v) is 20.4. The number of amides is 1. The van der Waals surface area contributed by atoms with Gasteiger partial charge in [0.1, 0.15) is 11.6 Å². The van der Waals surface area contributed by atoms with Crippen LogP contribution in [0.2, 0.25) is 0 Å². The highest BCUT2D eigenvalue weighted by Crippen LogP contribution is 2.41. The van der Waals surface area contributed by atoms with Crippen molar-refractivity contribution in [2.24, 2.45) is 0 Å². The summed E-state index contributed by atoms with van der Waals surface area (Å²) < 4.78 is 7.72. The summed E-state index contributed by atoms with van der Waals surface area (Å²) in [4.78, 5) is 19.0. The molecule has 0 radical (unpaired) electrons. The molecule has 3 heterocycles. The Morgan fingerprint density at radius 2 is 2.09 bits per heavy atom. The third kappa shape index (κ3) is 4.60. The molecular formula is C24H25N5O2S2. The predicted molar refractivity (Wildman–Crippen MR) is 130 cm³/mol. The average Bonchev–Trinajstić information content (AvgIpc) is 3.15. The molecule has 1 aliphatic rings. The Labute approximate surface area is 200 Å². The van der Waals surface area contributed by atoms with Crippen LogP contribution < -0.4 is 4.90 Å². The maximum Gasteiger partial charge on any atom is 0.230 e. The minimum Gasteiger partial charge on any atom is -0.467 e. The molecule has 170 valence electrons. The normalized spacial score (nSPS) is 13.4. The summed E-state index contributed by atoms with van der Waals surface area (Å²) in [5.41, 5.74) is 4.02. The van der Waals surface area contributed by atoms with Crippen LogP contribution in [-0.2, 0) is 17.1 Å². The van der Waals surface area contributed by atoms with Crippen molar-refractivity contribution >= 4 is 39.8 Å². The van der Waals surface area contributed by atoms with E-state index in [-0.39, 0.29) is 5.91 Å². The topological polar surface area (TPSA) is 77.1 Å². The van der Waals surface area contributed by atoms with Crippen LogP contribution >= 0.6 is 23.1 Å². The SMILES string of the molecule is CC(=O)N(c1nc(CSc2nnc(C3CC3)n2Cc2ccco2)cs1)c1cccc(C)c1C. The van der Waals surface area contributed by atoms with E-state index in [4.69, 9.17) is 9.40 Å². The lowest BCUT2D eigenvalue weighted by Crippen LogP contribution is -2.23. The molecule has 0 bridgehead atoms. The number of rotatable bonds is 8. The number of benzene rings is 1. The molecule has 0 saturated heterocycles. The molecule has 3 aromatic heterocycles. The summed E-state index contributed by atoms with van der Waals surface area (Å²) >= 11 is 3.09. The maximum absolute atomic E-state index is 12.5. The third-order valence-corrected chi connectivity index (χ3v) is 7.67. The minimum absolute atomic E-state index is 0.0514. The number of hydrogen-bond donors (Lipinski definition) is 0. The summed E-state index contributed by atoms with van der Waals surface area (Å²) in [6, 6.07) is 9.87.